The quantitative estimate of drug-likeness (QED) is 0.166. The van der Waals surface area contributed by atoms with Crippen molar-refractivity contribution in [2.75, 3.05) is 6.61 Å². The van der Waals surface area contributed by atoms with Gasteiger partial charge in [0.05, 0.1) is 12.2 Å². The van der Waals surface area contributed by atoms with Crippen LogP contribution in [0.15, 0.2) is 90.3 Å². The second-order valence-corrected chi connectivity index (χ2v) is 18.4. The molecule has 50 heavy (non-hydrogen) atoms. The molecule has 4 aromatic carbocycles. The number of benzene rings is 3. The van der Waals surface area contributed by atoms with Gasteiger partial charge in [0.15, 0.2) is 0 Å². The summed E-state index contributed by atoms with van der Waals surface area (Å²) in [7, 11) is 0. The molecule has 0 radical (unpaired) electrons. The molecule has 0 saturated carbocycles. The zero-order valence-electron chi connectivity index (χ0n) is 30.4. The zero-order valence-corrected chi connectivity index (χ0v) is 32.9. The van der Waals surface area contributed by atoms with E-state index in [0.717, 1.165) is 16.2 Å². The number of esters is 1. The molecule has 4 bridgehead atoms. The summed E-state index contributed by atoms with van der Waals surface area (Å²) in [5.41, 5.74) is 6.64. The lowest BCUT2D eigenvalue weighted by molar-refractivity contribution is 0.0526. The van der Waals surface area contributed by atoms with Gasteiger partial charge in [-0.1, -0.05) is 77.9 Å². The van der Waals surface area contributed by atoms with Crippen molar-refractivity contribution in [3.63, 3.8) is 0 Å². The van der Waals surface area contributed by atoms with Gasteiger partial charge >= 0.3 is 5.97 Å². The Morgan fingerprint density at radius 2 is 1.18 bits per heavy atom. The van der Waals surface area contributed by atoms with Crippen molar-refractivity contribution in [2.45, 2.75) is 73.1 Å². The van der Waals surface area contributed by atoms with Crippen molar-refractivity contribution in [3.05, 3.63) is 118 Å². The van der Waals surface area contributed by atoms with E-state index in [2.05, 4.69) is 140 Å². The van der Waals surface area contributed by atoms with E-state index in [9.17, 15) is 4.79 Å². The van der Waals surface area contributed by atoms with Crippen LogP contribution < -0.4 is 0 Å². The molecule has 0 atom stereocenters. The van der Waals surface area contributed by atoms with Crippen LogP contribution in [0.5, 0.6) is 0 Å². The standard InChI is InChI=1S/C45H44O2S3/c1-10-47-43(46)28-13-14-32-33-23-30(44(4,5)6)20-29(26(33)2)22-37(35-25-31(45(7,8)9)24-34(27(35)3)36(32)21-28)38-15-16-41(49-38)42-18-17-40(50-42)39-12-11-19-48-39/h11-25H,10H2,1-9H3. The molecule has 3 heterocycles. The number of hydrogen-bond acceptors (Lipinski definition) is 5. The first-order valence-corrected chi connectivity index (χ1v) is 19.8. The SMILES string of the molecule is CCOC(=O)c1ccc2c3cc(C(C)(C)C)cc(cc(-c4ccc(-c5ccc(-c6cccs6)s5)s4)c4cc(C(C)(C)C)cc(c4C)c2c1)c3C. The first-order valence-electron chi connectivity index (χ1n) is 17.3. The summed E-state index contributed by atoms with van der Waals surface area (Å²) in [5.74, 6) is -0.291. The molecular weight excluding hydrogens is 669 g/mol. The monoisotopic (exact) mass is 712 g/mol. The highest BCUT2D eigenvalue weighted by molar-refractivity contribution is 7.27. The Morgan fingerprint density at radius 3 is 1.80 bits per heavy atom. The molecule has 0 amide bonds. The van der Waals surface area contributed by atoms with Crippen LogP contribution in [0.3, 0.4) is 0 Å². The molecule has 0 aliphatic carbocycles. The Labute approximate surface area is 308 Å². The van der Waals surface area contributed by atoms with Crippen molar-refractivity contribution < 1.29 is 9.53 Å². The molecule has 0 fully saturated rings. The number of hydrogen-bond donors (Lipinski definition) is 0. The van der Waals surface area contributed by atoms with Crippen molar-refractivity contribution in [2.24, 2.45) is 0 Å². The number of carbonyl (C=O) groups excluding carboxylic acids is 1. The molecule has 0 saturated heterocycles. The highest BCUT2D eigenvalue weighted by atomic mass is 32.1. The molecule has 0 aliphatic rings. The Morgan fingerprint density at radius 1 is 0.600 bits per heavy atom. The minimum Gasteiger partial charge on any atom is -0.462 e. The van der Waals surface area contributed by atoms with Crippen LogP contribution in [-0.2, 0) is 15.6 Å². The van der Waals surface area contributed by atoms with Gasteiger partial charge in [-0.3, -0.25) is 0 Å². The largest absolute Gasteiger partial charge is 0.462 e. The van der Waals surface area contributed by atoms with E-state index < -0.39 is 0 Å². The number of aryl methyl sites for hydroxylation is 2. The van der Waals surface area contributed by atoms with Crippen molar-refractivity contribution in [1.29, 1.82) is 0 Å². The zero-order chi connectivity index (χ0) is 35.5. The second-order valence-electron chi connectivity index (χ2n) is 15.3. The van der Waals surface area contributed by atoms with Crippen LogP contribution in [0.2, 0.25) is 0 Å². The Hall–Kier alpha value is -4.03. The van der Waals surface area contributed by atoms with Crippen LogP contribution in [0.4, 0.5) is 0 Å². The van der Waals surface area contributed by atoms with Gasteiger partial charge in [0, 0.05) is 24.4 Å². The highest BCUT2D eigenvalue weighted by Crippen LogP contribution is 2.45. The van der Waals surface area contributed by atoms with E-state index in [1.54, 1.807) is 11.3 Å². The van der Waals surface area contributed by atoms with Crippen molar-refractivity contribution >= 4 is 72.3 Å². The number of rotatable bonds is 5. The minimum absolute atomic E-state index is 0.0560. The van der Waals surface area contributed by atoms with Crippen LogP contribution in [0, 0.1) is 13.8 Å². The number of fused-ring (bicyclic) bond motifs is 7. The smallest absolute Gasteiger partial charge is 0.338 e. The fourth-order valence-electron chi connectivity index (χ4n) is 6.72. The Bertz CT molecular complexity index is 2440. The van der Waals surface area contributed by atoms with Crippen molar-refractivity contribution in [3.8, 4) is 29.9 Å². The van der Waals surface area contributed by atoms with E-state index in [1.807, 2.05) is 35.7 Å². The number of thiophene rings is 3. The van der Waals surface area contributed by atoms with Gasteiger partial charge in [-0.15, -0.1) is 34.0 Å². The van der Waals surface area contributed by atoms with Gasteiger partial charge in [-0.2, -0.15) is 0 Å². The average Bonchev–Trinajstić information content (AvgIpc) is 3.85. The molecule has 0 aliphatic heterocycles. The first kappa shape index (κ1) is 34.4. The third-order valence-electron chi connectivity index (χ3n) is 9.77. The second kappa shape index (κ2) is 12.9. The predicted molar refractivity (Wildman–Crippen MR) is 221 cm³/mol. The van der Waals surface area contributed by atoms with E-state index in [-0.39, 0.29) is 16.8 Å². The first-order chi connectivity index (χ1) is 23.7. The van der Waals surface area contributed by atoms with Gasteiger partial charge < -0.3 is 4.74 Å². The van der Waals surface area contributed by atoms with Crippen LogP contribution in [0.25, 0.3) is 62.3 Å². The van der Waals surface area contributed by atoms with Gasteiger partial charge in [-0.05, 0) is 146 Å². The lowest BCUT2D eigenvalue weighted by atomic mass is 9.81. The molecule has 254 valence electrons. The van der Waals surface area contributed by atoms with Crippen LogP contribution >= 0.6 is 34.0 Å². The topological polar surface area (TPSA) is 26.3 Å². The maximum absolute atomic E-state index is 13.2. The van der Waals surface area contributed by atoms with E-state index in [4.69, 9.17) is 4.74 Å². The molecular formula is C45H44O2S3. The lowest BCUT2D eigenvalue weighted by Crippen LogP contribution is -2.11. The fraction of sp³-hybridized carbons (Fsp3) is 0.267. The van der Waals surface area contributed by atoms with Crippen LogP contribution in [0.1, 0.15) is 81.1 Å². The fourth-order valence-corrected chi connectivity index (χ4v) is 9.69. The summed E-state index contributed by atoms with van der Waals surface area (Å²) >= 11 is 5.52. The van der Waals surface area contributed by atoms with E-state index >= 15 is 0 Å². The minimum atomic E-state index is -0.291. The summed E-state index contributed by atoms with van der Waals surface area (Å²) in [4.78, 5) is 19.6. The van der Waals surface area contributed by atoms with Gasteiger partial charge in [0.25, 0.3) is 0 Å². The molecule has 7 aromatic rings. The molecule has 0 spiro atoms. The van der Waals surface area contributed by atoms with Gasteiger partial charge in [0.2, 0.25) is 0 Å². The van der Waals surface area contributed by atoms with E-state index in [1.165, 1.54) is 68.4 Å². The Balaban J connectivity index is 1.62. The molecule has 5 heteroatoms. The third kappa shape index (κ3) is 6.36. The summed E-state index contributed by atoms with van der Waals surface area (Å²) in [6.45, 7) is 20.4. The lowest BCUT2D eigenvalue weighted by Gasteiger charge is -2.23. The maximum atomic E-state index is 13.2. The predicted octanol–water partition coefficient (Wildman–Crippen LogP) is 14.3. The molecule has 0 unspecified atom stereocenters. The van der Waals surface area contributed by atoms with Gasteiger partial charge in [0.1, 0.15) is 0 Å². The highest BCUT2D eigenvalue weighted by Gasteiger charge is 2.21. The summed E-state index contributed by atoms with van der Waals surface area (Å²) < 4.78 is 5.51. The van der Waals surface area contributed by atoms with Crippen molar-refractivity contribution in [1.82, 2.24) is 0 Å². The Kier molecular flexibility index (Phi) is 8.91. The number of ether oxygens (including phenoxy) is 1. The number of carbonyl (C=O) groups is 1. The average molecular weight is 713 g/mol. The molecule has 0 N–H and O–H groups in total. The third-order valence-corrected chi connectivity index (χ3v) is 13.2. The summed E-state index contributed by atoms with van der Waals surface area (Å²) in [5, 5.41) is 9.14. The van der Waals surface area contributed by atoms with Gasteiger partial charge in [-0.25, -0.2) is 4.79 Å². The van der Waals surface area contributed by atoms with E-state index in [0.29, 0.717) is 12.2 Å². The molecule has 2 nitrogen and oxygen atoms in total. The normalized spacial score (nSPS) is 12.3. The summed E-state index contributed by atoms with van der Waals surface area (Å²) in [6.07, 6.45) is 0. The summed E-state index contributed by atoms with van der Waals surface area (Å²) in [6, 6.07) is 31.5. The molecule has 3 aromatic heterocycles. The van der Waals surface area contributed by atoms with Crippen LogP contribution in [-0.4, -0.2) is 12.6 Å². The maximum Gasteiger partial charge on any atom is 0.338 e. The molecule has 7 rings (SSSR count).